The Hall–Kier alpha value is -1.14. The Morgan fingerprint density at radius 2 is 1.91 bits per heavy atom. The van der Waals surface area contributed by atoms with Gasteiger partial charge in [-0.25, -0.2) is 4.18 Å². The zero-order valence-corrected chi connectivity index (χ0v) is 12.5. The number of nitriles is 1. The lowest BCUT2D eigenvalue weighted by Crippen LogP contribution is -2.59. The number of hydrogen-bond donors (Lipinski definition) is 5. The van der Waals surface area contributed by atoms with Crippen LogP contribution in [0.15, 0.2) is 12.2 Å². The van der Waals surface area contributed by atoms with Crippen LogP contribution in [-0.2, 0) is 24.1 Å². The Morgan fingerprint density at radius 3 is 2.39 bits per heavy atom. The lowest BCUT2D eigenvalue weighted by Gasteiger charge is -2.40. The van der Waals surface area contributed by atoms with Crippen molar-refractivity contribution in [1.82, 2.24) is 0 Å². The highest BCUT2D eigenvalue weighted by Gasteiger charge is 2.45. The summed E-state index contributed by atoms with van der Waals surface area (Å²) in [5.74, 6) is 0. The van der Waals surface area contributed by atoms with Crippen molar-refractivity contribution >= 4 is 10.4 Å². The molecule has 0 radical (unpaired) electrons. The molecule has 0 aromatic heterocycles. The van der Waals surface area contributed by atoms with Crippen LogP contribution in [0.2, 0.25) is 0 Å². The van der Waals surface area contributed by atoms with E-state index in [0.29, 0.717) is 0 Å². The van der Waals surface area contributed by atoms with Crippen molar-refractivity contribution in [2.45, 2.75) is 36.8 Å². The molecule has 0 bridgehead atoms. The summed E-state index contributed by atoms with van der Waals surface area (Å²) in [5.41, 5.74) is -0.220. The van der Waals surface area contributed by atoms with E-state index in [1.54, 1.807) is 6.07 Å². The van der Waals surface area contributed by atoms with E-state index in [0.717, 1.165) is 0 Å². The summed E-state index contributed by atoms with van der Waals surface area (Å²) < 4.78 is 43.5. The van der Waals surface area contributed by atoms with Gasteiger partial charge in [0.05, 0.1) is 19.3 Å². The molecule has 0 spiro atoms. The van der Waals surface area contributed by atoms with Gasteiger partial charge in [0.1, 0.15) is 24.4 Å². The Labute approximate surface area is 131 Å². The first-order valence-corrected chi connectivity index (χ1v) is 7.62. The van der Waals surface area contributed by atoms with Crippen LogP contribution >= 0.6 is 0 Å². The second kappa shape index (κ2) is 8.11. The molecule has 5 N–H and O–H groups in total. The lowest BCUT2D eigenvalue weighted by atomic mass is 9.99. The van der Waals surface area contributed by atoms with Gasteiger partial charge < -0.3 is 29.9 Å². The third-order valence-electron chi connectivity index (χ3n) is 3.00. The molecular weight excluding hydrogens is 338 g/mol. The molecule has 0 amide bonds. The average molecular weight is 355 g/mol. The number of ether oxygens (including phenoxy) is 2. The first-order chi connectivity index (χ1) is 10.6. The van der Waals surface area contributed by atoms with Crippen molar-refractivity contribution in [2.24, 2.45) is 0 Å². The van der Waals surface area contributed by atoms with E-state index in [1.165, 1.54) is 0 Å². The third kappa shape index (κ3) is 5.46. The van der Waals surface area contributed by atoms with E-state index >= 15 is 0 Å². The van der Waals surface area contributed by atoms with Crippen LogP contribution < -0.4 is 0 Å². The fraction of sp³-hybridized carbons (Fsp3) is 0.727. The summed E-state index contributed by atoms with van der Waals surface area (Å²) >= 11 is 0. The molecule has 0 unspecified atom stereocenters. The molecule has 1 rings (SSSR count). The molecule has 1 aliphatic rings. The summed E-state index contributed by atoms with van der Waals surface area (Å²) in [5, 5.41) is 47.0. The van der Waals surface area contributed by atoms with Crippen molar-refractivity contribution < 1.29 is 47.1 Å². The Bertz CT molecular complexity index is 556. The highest BCUT2D eigenvalue weighted by atomic mass is 32.3. The quantitative estimate of drug-likeness (QED) is 0.232. The largest absolute Gasteiger partial charge is 0.397 e. The minimum atomic E-state index is -4.75. The minimum Gasteiger partial charge on any atom is -0.394 e. The van der Waals surface area contributed by atoms with E-state index in [4.69, 9.17) is 24.4 Å². The molecule has 1 heterocycles. The Kier molecular flexibility index (Phi) is 7.02. The van der Waals surface area contributed by atoms with Crippen LogP contribution in [0.4, 0.5) is 0 Å². The minimum absolute atomic E-state index is 0.220. The Morgan fingerprint density at radius 1 is 1.30 bits per heavy atom. The molecule has 1 saturated heterocycles. The number of hydrogen-bond acceptors (Lipinski definition) is 10. The summed E-state index contributed by atoms with van der Waals surface area (Å²) in [6.45, 7) is 1.89. The molecule has 132 valence electrons. The van der Waals surface area contributed by atoms with Crippen LogP contribution in [0.3, 0.4) is 0 Å². The van der Waals surface area contributed by atoms with Crippen LogP contribution in [0.1, 0.15) is 0 Å². The van der Waals surface area contributed by atoms with E-state index < -0.39 is 60.4 Å². The zero-order chi connectivity index (χ0) is 17.8. The second-order valence-corrected chi connectivity index (χ2v) is 5.78. The van der Waals surface area contributed by atoms with Crippen molar-refractivity contribution in [1.29, 1.82) is 5.26 Å². The van der Waals surface area contributed by atoms with E-state index in [2.05, 4.69) is 10.8 Å². The molecule has 0 aromatic carbocycles. The smallest absolute Gasteiger partial charge is 0.394 e. The molecule has 0 aromatic rings. The van der Waals surface area contributed by atoms with Crippen LogP contribution in [0, 0.1) is 11.3 Å². The molecule has 1 aliphatic heterocycles. The molecule has 23 heavy (non-hydrogen) atoms. The number of nitrogens with zero attached hydrogens (tertiary/aromatic N) is 1. The van der Waals surface area contributed by atoms with Crippen molar-refractivity contribution in [3.05, 3.63) is 12.2 Å². The van der Waals surface area contributed by atoms with Crippen molar-refractivity contribution in [3.8, 4) is 6.07 Å². The highest BCUT2D eigenvalue weighted by Crippen LogP contribution is 2.24. The fourth-order valence-corrected chi connectivity index (χ4v) is 2.06. The monoisotopic (exact) mass is 355 g/mol. The highest BCUT2D eigenvalue weighted by molar-refractivity contribution is 7.80. The predicted molar refractivity (Wildman–Crippen MR) is 70.9 cm³/mol. The third-order valence-corrected chi connectivity index (χ3v) is 3.42. The van der Waals surface area contributed by atoms with Crippen LogP contribution in [0.25, 0.3) is 0 Å². The van der Waals surface area contributed by atoms with Gasteiger partial charge in [0.2, 0.25) is 0 Å². The first kappa shape index (κ1) is 19.9. The van der Waals surface area contributed by atoms with Crippen molar-refractivity contribution in [2.75, 3.05) is 13.2 Å². The summed E-state index contributed by atoms with van der Waals surface area (Å²) in [7, 11) is -4.75. The van der Waals surface area contributed by atoms with E-state index in [9.17, 15) is 23.7 Å². The fourth-order valence-electron chi connectivity index (χ4n) is 1.76. The van der Waals surface area contributed by atoms with Crippen molar-refractivity contribution in [3.63, 3.8) is 0 Å². The van der Waals surface area contributed by atoms with Gasteiger partial charge in [-0.05, 0) is 5.57 Å². The van der Waals surface area contributed by atoms with Gasteiger partial charge in [-0.2, -0.15) is 13.7 Å². The van der Waals surface area contributed by atoms with Gasteiger partial charge in [0.15, 0.2) is 12.4 Å². The molecule has 6 atom stereocenters. The number of aliphatic hydroxyl groups is 4. The molecule has 1 fully saturated rings. The second-order valence-electron chi connectivity index (χ2n) is 4.69. The molecule has 0 aliphatic carbocycles. The van der Waals surface area contributed by atoms with Gasteiger partial charge >= 0.3 is 10.4 Å². The topological polar surface area (TPSA) is 187 Å². The number of rotatable bonds is 7. The normalized spacial score (nSPS) is 33.0. The molecular formula is C11H17NO10S. The maximum atomic E-state index is 10.5. The SMILES string of the molecule is C=C(COS(=O)(=O)O)[C@H](C#N)O[C@@H]1O[C@@H](CO)[C@@H](O)[C@H](O)[C@@H]1O. The van der Waals surface area contributed by atoms with E-state index in [1.807, 2.05) is 0 Å². The summed E-state index contributed by atoms with van der Waals surface area (Å²) in [6, 6.07) is 1.59. The maximum absolute atomic E-state index is 10.5. The maximum Gasteiger partial charge on any atom is 0.397 e. The Balaban J connectivity index is 2.74. The lowest BCUT2D eigenvalue weighted by molar-refractivity contribution is -0.304. The van der Waals surface area contributed by atoms with Gasteiger partial charge in [-0.15, -0.1) is 0 Å². The molecule has 12 heteroatoms. The standard InChI is InChI=1S/C11H17NO10S/c1-5(4-20-23(17,18)19)6(2-12)21-11-10(16)9(15)8(14)7(3-13)22-11/h6-11,13-16H,1,3-4H2,(H,17,18,19)/t6-,7-,8+,9-,10-,11+/m0/s1. The first-order valence-electron chi connectivity index (χ1n) is 6.25. The van der Waals surface area contributed by atoms with E-state index in [-0.39, 0.29) is 5.57 Å². The zero-order valence-electron chi connectivity index (χ0n) is 11.7. The number of aliphatic hydroxyl groups excluding tert-OH is 4. The molecule has 11 nitrogen and oxygen atoms in total. The summed E-state index contributed by atoms with van der Waals surface area (Å²) in [4.78, 5) is 0. The van der Waals surface area contributed by atoms with Gasteiger partial charge in [-0.3, -0.25) is 4.55 Å². The van der Waals surface area contributed by atoms with Crippen LogP contribution in [0.5, 0.6) is 0 Å². The molecule has 0 saturated carbocycles. The van der Waals surface area contributed by atoms with Gasteiger partial charge in [0, 0.05) is 0 Å². The van der Waals surface area contributed by atoms with Crippen LogP contribution in [-0.4, -0.2) is 83.4 Å². The van der Waals surface area contributed by atoms with Gasteiger partial charge in [0.25, 0.3) is 0 Å². The van der Waals surface area contributed by atoms with Gasteiger partial charge in [-0.1, -0.05) is 6.58 Å². The predicted octanol–water partition coefficient (Wildman–Crippen LogP) is -2.93. The summed E-state index contributed by atoms with van der Waals surface area (Å²) in [6.07, 6.45) is -9.39. The average Bonchev–Trinajstić information content (AvgIpc) is 2.49.